The molecule has 0 aliphatic heterocycles. The lowest BCUT2D eigenvalue weighted by Crippen LogP contribution is -2.19. The Bertz CT molecular complexity index is 804. The van der Waals surface area contributed by atoms with Crippen LogP contribution in [0.1, 0.15) is 54.7 Å². The molecule has 0 aliphatic rings. The fourth-order valence-corrected chi connectivity index (χ4v) is 4.26. The molecule has 140 valence electrons. The summed E-state index contributed by atoms with van der Waals surface area (Å²) in [5, 5.41) is 2.16. The van der Waals surface area contributed by atoms with Crippen molar-refractivity contribution in [2.24, 2.45) is 0 Å². The zero-order valence-corrected chi connectivity index (χ0v) is 17.8. The molecule has 2 aromatic carbocycles. The van der Waals surface area contributed by atoms with Gasteiger partial charge in [-0.05, 0) is 54.8 Å². The summed E-state index contributed by atoms with van der Waals surface area (Å²) in [5.41, 5.74) is 4.28. The molecule has 3 nitrogen and oxygen atoms in total. The van der Waals surface area contributed by atoms with Crippen LogP contribution in [0.15, 0.2) is 30.3 Å². The monoisotopic (exact) mass is 372 g/mol. The van der Waals surface area contributed by atoms with Crippen LogP contribution in [0.2, 0.25) is 0 Å². The predicted molar refractivity (Wildman–Crippen MR) is 111 cm³/mol. The van der Waals surface area contributed by atoms with Crippen LogP contribution >= 0.6 is 8.58 Å². The third-order valence-electron chi connectivity index (χ3n) is 4.29. The van der Waals surface area contributed by atoms with Crippen LogP contribution in [0.3, 0.4) is 0 Å². The van der Waals surface area contributed by atoms with Crippen LogP contribution in [0, 0.1) is 13.8 Å². The van der Waals surface area contributed by atoms with E-state index in [1.54, 1.807) is 14.0 Å². The van der Waals surface area contributed by atoms with Gasteiger partial charge in [0.15, 0.2) is 12.6 Å². The Kier molecular flexibility index (Phi) is 6.60. The lowest BCUT2D eigenvalue weighted by Gasteiger charge is -2.23. The van der Waals surface area contributed by atoms with Gasteiger partial charge in [0.2, 0.25) is 0 Å². The zero-order valence-electron chi connectivity index (χ0n) is 16.8. The summed E-state index contributed by atoms with van der Waals surface area (Å²) in [4.78, 5) is 12.1. The highest BCUT2D eigenvalue weighted by molar-refractivity contribution is 7.56. The van der Waals surface area contributed by atoms with E-state index in [9.17, 15) is 4.79 Å². The summed E-state index contributed by atoms with van der Waals surface area (Å²) < 4.78 is 11.0. The van der Waals surface area contributed by atoms with Crippen molar-refractivity contribution < 1.29 is 14.3 Å². The van der Waals surface area contributed by atoms with Crippen molar-refractivity contribution in [3.63, 3.8) is 0 Å². The number of rotatable bonds is 6. The molecule has 1 unspecified atom stereocenters. The molecule has 0 amide bonds. The number of methoxy groups -OCH3 is 1. The molecule has 0 aromatic heterocycles. The maximum Gasteiger partial charge on any atom is 0.188 e. The molecule has 2 aromatic rings. The first kappa shape index (κ1) is 20.6. The summed E-state index contributed by atoms with van der Waals surface area (Å²) in [7, 11) is 1.96. The summed E-state index contributed by atoms with van der Waals surface area (Å²) in [6.45, 7) is 12.5. The van der Waals surface area contributed by atoms with Crippen LogP contribution in [0.4, 0.5) is 0 Å². The molecule has 0 aliphatic carbocycles. The van der Waals surface area contributed by atoms with Crippen LogP contribution in [-0.2, 0) is 10.2 Å². The summed E-state index contributed by atoms with van der Waals surface area (Å²) in [6.07, 6.45) is 0. The highest BCUT2D eigenvalue weighted by Gasteiger charge is 2.20. The average Bonchev–Trinajstić information content (AvgIpc) is 2.54. The van der Waals surface area contributed by atoms with Crippen LogP contribution < -0.4 is 15.3 Å². The van der Waals surface area contributed by atoms with E-state index in [4.69, 9.17) is 9.47 Å². The fraction of sp³-hybridized carbons (Fsp3) is 0.409. The normalized spacial score (nSPS) is 12.0. The molecule has 0 spiro atoms. The molecule has 0 saturated carbocycles. The first-order chi connectivity index (χ1) is 12.1. The van der Waals surface area contributed by atoms with Gasteiger partial charge in [-0.25, -0.2) is 0 Å². The molecule has 0 heterocycles. The average molecular weight is 372 g/mol. The van der Waals surface area contributed by atoms with Crippen LogP contribution in [0.25, 0.3) is 0 Å². The number of carbonyl (C=O) groups is 1. The Morgan fingerprint density at radius 1 is 1.08 bits per heavy atom. The number of hydrogen-bond acceptors (Lipinski definition) is 3. The van der Waals surface area contributed by atoms with Crippen molar-refractivity contribution in [2.75, 3.05) is 13.9 Å². The molecule has 0 fully saturated rings. The van der Waals surface area contributed by atoms with Gasteiger partial charge in [0.1, 0.15) is 5.75 Å². The first-order valence-corrected chi connectivity index (χ1v) is 9.79. The number of carbonyl (C=O) groups excluding carboxylic acids is 1. The van der Waals surface area contributed by atoms with Gasteiger partial charge < -0.3 is 9.47 Å². The van der Waals surface area contributed by atoms with E-state index in [2.05, 4.69) is 52.0 Å². The first-order valence-electron chi connectivity index (χ1n) is 8.79. The Hall–Kier alpha value is -1.70. The third kappa shape index (κ3) is 4.93. The Morgan fingerprint density at radius 2 is 1.77 bits per heavy atom. The van der Waals surface area contributed by atoms with Gasteiger partial charge in [0.05, 0.1) is 0 Å². The minimum atomic E-state index is 0.0421. The van der Waals surface area contributed by atoms with Crippen molar-refractivity contribution in [3.8, 4) is 5.75 Å². The van der Waals surface area contributed by atoms with Gasteiger partial charge in [0, 0.05) is 18.0 Å². The second kappa shape index (κ2) is 8.33. The van der Waals surface area contributed by atoms with Crippen molar-refractivity contribution in [2.45, 2.75) is 47.0 Å². The van der Waals surface area contributed by atoms with Gasteiger partial charge in [-0.2, -0.15) is 0 Å². The van der Waals surface area contributed by atoms with E-state index < -0.39 is 0 Å². The van der Waals surface area contributed by atoms with Crippen molar-refractivity contribution >= 4 is 25.0 Å². The predicted octanol–water partition coefficient (Wildman–Crippen LogP) is 4.42. The van der Waals surface area contributed by atoms with E-state index in [1.807, 2.05) is 13.0 Å². The maximum absolute atomic E-state index is 12.1. The molecular formula is C22H29O3P. The molecule has 0 bridgehead atoms. The van der Waals surface area contributed by atoms with Crippen molar-refractivity contribution in [3.05, 3.63) is 52.6 Å². The minimum absolute atomic E-state index is 0.0421. The highest BCUT2D eigenvalue weighted by Crippen LogP contribution is 2.31. The Balaban J connectivity index is 2.56. The van der Waals surface area contributed by atoms with Crippen LogP contribution in [-0.4, -0.2) is 19.7 Å². The van der Waals surface area contributed by atoms with Gasteiger partial charge in [-0.15, -0.1) is 0 Å². The number of hydrogen-bond donors (Lipinski definition) is 0. The van der Waals surface area contributed by atoms with E-state index in [0.717, 1.165) is 33.0 Å². The second-order valence-electron chi connectivity index (χ2n) is 7.70. The van der Waals surface area contributed by atoms with Crippen LogP contribution in [0.5, 0.6) is 5.75 Å². The number of Topliss-reactive ketones (excluding diaryl/α,β-unsaturated/α-hetero) is 1. The molecule has 2 rings (SSSR count). The number of ether oxygens (including phenoxy) is 2. The van der Waals surface area contributed by atoms with E-state index in [1.165, 1.54) is 5.56 Å². The largest absolute Gasteiger partial charge is 0.467 e. The summed E-state index contributed by atoms with van der Waals surface area (Å²) >= 11 is 0. The number of benzene rings is 2. The van der Waals surface area contributed by atoms with Crippen molar-refractivity contribution in [1.29, 1.82) is 0 Å². The molecule has 0 N–H and O–H groups in total. The number of aryl methyl sites for hydroxylation is 2. The van der Waals surface area contributed by atoms with Gasteiger partial charge in [-0.1, -0.05) is 53.1 Å². The molecule has 0 radical (unpaired) electrons. The third-order valence-corrected chi connectivity index (χ3v) is 5.63. The minimum Gasteiger partial charge on any atom is -0.467 e. The summed E-state index contributed by atoms with van der Waals surface area (Å²) in [6, 6.07) is 10.5. The topological polar surface area (TPSA) is 35.5 Å². The standard InChI is InChI=1S/C22H29O3P/c1-14-8-9-19(18(10-14)16(3)23)26-20-12-17(22(4,5)6)11-15(2)21(20)25-13-24-7/h8-12,26H,13H2,1-7H3. The van der Waals surface area contributed by atoms with Crippen molar-refractivity contribution in [1.82, 2.24) is 0 Å². The Labute approximate surface area is 158 Å². The molecular weight excluding hydrogens is 343 g/mol. The van der Waals surface area contributed by atoms with E-state index in [-0.39, 0.29) is 18.0 Å². The Morgan fingerprint density at radius 3 is 2.35 bits per heavy atom. The van der Waals surface area contributed by atoms with Gasteiger partial charge in [-0.3, -0.25) is 4.79 Å². The zero-order chi connectivity index (χ0) is 19.5. The number of ketones is 1. The molecule has 1 atom stereocenters. The van der Waals surface area contributed by atoms with Gasteiger partial charge >= 0.3 is 0 Å². The van der Waals surface area contributed by atoms with E-state index >= 15 is 0 Å². The van der Waals surface area contributed by atoms with Gasteiger partial charge in [0.25, 0.3) is 0 Å². The fourth-order valence-electron chi connectivity index (χ4n) is 2.81. The lowest BCUT2D eigenvalue weighted by atomic mass is 9.86. The molecule has 26 heavy (non-hydrogen) atoms. The lowest BCUT2D eigenvalue weighted by molar-refractivity contribution is 0.0514. The smallest absolute Gasteiger partial charge is 0.188 e. The summed E-state index contributed by atoms with van der Waals surface area (Å²) in [5.74, 6) is 0.951. The molecule has 4 heteroatoms. The van der Waals surface area contributed by atoms with E-state index in [0.29, 0.717) is 8.58 Å². The maximum atomic E-state index is 12.1. The second-order valence-corrected chi connectivity index (χ2v) is 9.03. The quantitative estimate of drug-likeness (QED) is 0.428. The SMILES string of the molecule is COCOc1c(C)cc(C(C)(C)C)cc1Pc1ccc(C)cc1C(C)=O. The molecule has 0 saturated heterocycles. The highest BCUT2D eigenvalue weighted by atomic mass is 31.1.